The molecule has 0 aromatic carbocycles. The number of aromatic nitrogens is 1. The standard InChI is InChI=1S/C17H30N6OS/c1-4-19-17(20-8-5-16-21-11-13(2)25-16)22-14-6-9-23(10-7-14)12-15(24)18-3/h11,14H,4-10,12H2,1-3H3,(H,18,24)(H2,19,20,22). The third-order valence-corrected chi connectivity index (χ3v) is 5.16. The number of aryl methyl sites for hydroxylation is 1. The Morgan fingerprint density at radius 3 is 2.80 bits per heavy atom. The van der Waals surface area contributed by atoms with Crippen LogP contribution in [0.1, 0.15) is 29.7 Å². The summed E-state index contributed by atoms with van der Waals surface area (Å²) in [5, 5.41) is 10.7. The largest absolute Gasteiger partial charge is 0.358 e. The van der Waals surface area contributed by atoms with Gasteiger partial charge in [-0.2, -0.15) is 0 Å². The average Bonchev–Trinajstić information content (AvgIpc) is 3.02. The number of amides is 1. The quantitative estimate of drug-likeness (QED) is 0.490. The summed E-state index contributed by atoms with van der Waals surface area (Å²) in [6.07, 6.45) is 4.83. The molecular formula is C17H30N6OS. The van der Waals surface area contributed by atoms with E-state index < -0.39 is 0 Å². The first-order valence-electron chi connectivity index (χ1n) is 8.99. The van der Waals surface area contributed by atoms with Crippen LogP contribution in [0.4, 0.5) is 0 Å². The zero-order chi connectivity index (χ0) is 18.1. The van der Waals surface area contributed by atoms with E-state index in [4.69, 9.17) is 0 Å². The number of likely N-dealkylation sites (tertiary alicyclic amines) is 1. The molecule has 3 N–H and O–H groups in total. The third kappa shape index (κ3) is 6.99. The van der Waals surface area contributed by atoms with Crippen molar-refractivity contribution >= 4 is 23.2 Å². The Balaban J connectivity index is 1.77. The van der Waals surface area contributed by atoms with E-state index in [0.29, 0.717) is 12.6 Å². The molecule has 140 valence electrons. The van der Waals surface area contributed by atoms with Gasteiger partial charge in [-0.3, -0.25) is 14.7 Å². The van der Waals surface area contributed by atoms with E-state index in [9.17, 15) is 4.79 Å². The Labute approximate surface area is 154 Å². The highest BCUT2D eigenvalue weighted by Crippen LogP contribution is 2.12. The van der Waals surface area contributed by atoms with Crippen molar-refractivity contribution in [2.45, 2.75) is 39.2 Å². The summed E-state index contributed by atoms with van der Waals surface area (Å²) in [7, 11) is 1.68. The SMILES string of the molecule is CCNC(=NCCc1ncc(C)s1)NC1CCN(CC(=O)NC)CC1. The fraction of sp³-hybridized carbons (Fsp3) is 0.706. The summed E-state index contributed by atoms with van der Waals surface area (Å²) < 4.78 is 0. The lowest BCUT2D eigenvalue weighted by molar-refractivity contribution is -0.122. The van der Waals surface area contributed by atoms with Crippen molar-refractivity contribution in [3.05, 3.63) is 16.1 Å². The number of likely N-dealkylation sites (N-methyl/N-ethyl adjacent to an activating group) is 1. The summed E-state index contributed by atoms with van der Waals surface area (Å²) in [4.78, 5) is 24.0. The van der Waals surface area contributed by atoms with Crippen LogP contribution in [0, 0.1) is 6.92 Å². The van der Waals surface area contributed by atoms with Gasteiger partial charge in [0, 0.05) is 56.8 Å². The molecule has 25 heavy (non-hydrogen) atoms. The molecule has 2 heterocycles. The Kier molecular flexibility index (Phi) is 8.14. The second-order valence-electron chi connectivity index (χ2n) is 6.24. The van der Waals surface area contributed by atoms with Crippen LogP contribution in [0.5, 0.6) is 0 Å². The van der Waals surface area contributed by atoms with Crippen LogP contribution >= 0.6 is 11.3 Å². The fourth-order valence-corrected chi connectivity index (χ4v) is 3.59. The highest BCUT2D eigenvalue weighted by Gasteiger charge is 2.21. The molecule has 7 nitrogen and oxygen atoms in total. The Bertz CT molecular complexity index is 565. The van der Waals surface area contributed by atoms with Crippen molar-refractivity contribution < 1.29 is 4.79 Å². The van der Waals surface area contributed by atoms with Crippen LogP contribution in [-0.2, 0) is 11.2 Å². The van der Waals surface area contributed by atoms with Gasteiger partial charge in [-0.1, -0.05) is 0 Å². The third-order valence-electron chi connectivity index (χ3n) is 4.18. The maximum Gasteiger partial charge on any atom is 0.233 e. The summed E-state index contributed by atoms with van der Waals surface area (Å²) >= 11 is 1.74. The minimum atomic E-state index is 0.0822. The van der Waals surface area contributed by atoms with E-state index >= 15 is 0 Å². The molecule has 0 aliphatic carbocycles. The lowest BCUT2D eigenvalue weighted by Crippen LogP contribution is -2.50. The predicted octanol–water partition coefficient (Wildman–Crippen LogP) is 0.760. The molecule has 0 radical (unpaired) electrons. The van der Waals surface area contributed by atoms with Gasteiger partial charge in [-0.25, -0.2) is 4.98 Å². The number of rotatable bonds is 7. The molecule has 1 aliphatic rings. The van der Waals surface area contributed by atoms with E-state index in [1.54, 1.807) is 18.4 Å². The molecule has 2 rings (SSSR count). The average molecular weight is 367 g/mol. The predicted molar refractivity (Wildman–Crippen MR) is 103 cm³/mol. The zero-order valence-corrected chi connectivity index (χ0v) is 16.3. The van der Waals surface area contributed by atoms with Crippen molar-refractivity contribution in [1.29, 1.82) is 0 Å². The van der Waals surface area contributed by atoms with Crippen molar-refractivity contribution in [2.75, 3.05) is 39.8 Å². The molecule has 0 saturated carbocycles. The van der Waals surface area contributed by atoms with Crippen molar-refractivity contribution in [2.24, 2.45) is 4.99 Å². The summed E-state index contributed by atoms with van der Waals surface area (Å²) in [6, 6.07) is 0.404. The number of carbonyl (C=O) groups excluding carboxylic acids is 1. The molecule has 0 unspecified atom stereocenters. The van der Waals surface area contributed by atoms with Crippen LogP contribution < -0.4 is 16.0 Å². The molecule has 1 aromatic heterocycles. The molecule has 0 bridgehead atoms. The monoisotopic (exact) mass is 366 g/mol. The molecule has 0 atom stereocenters. The molecule has 8 heteroatoms. The molecule has 1 saturated heterocycles. The first kappa shape index (κ1) is 19.7. The van der Waals surface area contributed by atoms with Gasteiger partial charge in [-0.05, 0) is 26.7 Å². The molecule has 1 aliphatic heterocycles. The smallest absolute Gasteiger partial charge is 0.233 e. The highest BCUT2D eigenvalue weighted by atomic mass is 32.1. The van der Waals surface area contributed by atoms with Crippen LogP contribution in [0.25, 0.3) is 0 Å². The number of aliphatic imine (C=N–C) groups is 1. The number of hydrogen-bond acceptors (Lipinski definition) is 5. The Morgan fingerprint density at radius 2 is 2.20 bits per heavy atom. The van der Waals surface area contributed by atoms with Gasteiger partial charge in [0.2, 0.25) is 5.91 Å². The van der Waals surface area contributed by atoms with Gasteiger partial charge in [-0.15, -0.1) is 11.3 Å². The summed E-state index contributed by atoms with van der Waals surface area (Å²) in [6.45, 7) is 8.09. The van der Waals surface area contributed by atoms with Gasteiger partial charge >= 0.3 is 0 Å². The number of nitrogens with zero attached hydrogens (tertiary/aromatic N) is 3. The Hall–Kier alpha value is -1.67. The van der Waals surface area contributed by atoms with E-state index in [2.05, 4.69) is 44.7 Å². The highest BCUT2D eigenvalue weighted by molar-refractivity contribution is 7.11. The fourth-order valence-electron chi connectivity index (χ4n) is 2.81. The second kappa shape index (κ2) is 10.4. The minimum Gasteiger partial charge on any atom is -0.358 e. The Morgan fingerprint density at radius 1 is 1.44 bits per heavy atom. The number of thiazole rings is 1. The van der Waals surface area contributed by atoms with Crippen LogP contribution in [-0.4, -0.2) is 67.6 Å². The van der Waals surface area contributed by atoms with Gasteiger partial charge in [0.15, 0.2) is 5.96 Å². The number of piperidine rings is 1. The number of guanidine groups is 1. The van der Waals surface area contributed by atoms with E-state index in [1.807, 2.05) is 6.20 Å². The zero-order valence-electron chi connectivity index (χ0n) is 15.5. The van der Waals surface area contributed by atoms with Crippen LogP contribution in [0.2, 0.25) is 0 Å². The van der Waals surface area contributed by atoms with Crippen molar-refractivity contribution in [3.63, 3.8) is 0 Å². The minimum absolute atomic E-state index is 0.0822. The number of carbonyl (C=O) groups is 1. The number of hydrogen-bond donors (Lipinski definition) is 3. The second-order valence-corrected chi connectivity index (χ2v) is 7.56. The molecule has 1 fully saturated rings. The first-order valence-corrected chi connectivity index (χ1v) is 9.81. The molecular weight excluding hydrogens is 336 g/mol. The molecule has 1 aromatic rings. The van der Waals surface area contributed by atoms with Crippen LogP contribution in [0.15, 0.2) is 11.2 Å². The van der Waals surface area contributed by atoms with Gasteiger partial charge < -0.3 is 16.0 Å². The van der Waals surface area contributed by atoms with E-state index in [-0.39, 0.29) is 5.91 Å². The first-order chi connectivity index (χ1) is 12.1. The maximum absolute atomic E-state index is 11.5. The lowest BCUT2D eigenvalue weighted by atomic mass is 10.1. The van der Waals surface area contributed by atoms with Gasteiger partial charge in [0.1, 0.15) is 0 Å². The summed E-state index contributed by atoms with van der Waals surface area (Å²) in [5.41, 5.74) is 0. The van der Waals surface area contributed by atoms with Gasteiger partial charge in [0.05, 0.1) is 11.6 Å². The summed E-state index contributed by atoms with van der Waals surface area (Å²) in [5.74, 6) is 0.958. The van der Waals surface area contributed by atoms with E-state index in [0.717, 1.165) is 56.4 Å². The maximum atomic E-state index is 11.5. The molecule has 1 amide bonds. The molecule has 0 spiro atoms. The van der Waals surface area contributed by atoms with Gasteiger partial charge in [0.25, 0.3) is 0 Å². The van der Waals surface area contributed by atoms with Crippen molar-refractivity contribution in [3.8, 4) is 0 Å². The van der Waals surface area contributed by atoms with Crippen molar-refractivity contribution in [1.82, 2.24) is 25.8 Å². The normalized spacial score (nSPS) is 16.7. The van der Waals surface area contributed by atoms with E-state index in [1.165, 1.54) is 4.88 Å². The topological polar surface area (TPSA) is 81.7 Å². The van der Waals surface area contributed by atoms with Crippen LogP contribution in [0.3, 0.4) is 0 Å². The number of nitrogens with one attached hydrogen (secondary N) is 3. The lowest BCUT2D eigenvalue weighted by Gasteiger charge is -2.32.